The number of hydrogen-bond acceptors (Lipinski definition) is 2. The maximum Gasteiger partial charge on any atom is 0.120 e. The Kier molecular flexibility index (Phi) is 4.74. The lowest BCUT2D eigenvalue weighted by Crippen LogP contribution is -2.04. The number of hydrogen-bond donors (Lipinski definition) is 1. The molecule has 0 fully saturated rings. The average molecular weight is 303 g/mol. The lowest BCUT2D eigenvalue weighted by Gasteiger charge is -2.11. The number of benzene rings is 3. The average Bonchev–Trinajstić information content (AvgIpc) is 2.61. The van der Waals surface area contributed by atoms with Gasteiger partial charge < -0.3 is 10.5 Å². The molecule has 0 heterocycles. The molecule has 3 aromatic rings. The van der Waals surface area contributed by atoms with E-state index in [1.165, 1.54) is 0 Å². The molecular weight excluding hydrogens is 282 g/mol. The monoisotopic (exact) mass is 303 g/mol. The van der Waals surface area contributed by atoms with Gasteiger partial charge in [0.25, 0.3) is 0 Å². The van der Waals surface area contributed by atoms with Crippen LogP contribution in [0.2, 0.25) is 0 Å². The summed E-state index contributed by atoms with van der Waals surface area (Å²) in [6, 6.07) is 26.7. The zero-order valence-corrected chi connectivity index (χ0v) is 13.3. The van der Waals surface area contributed by atoms with Crippen LogP contribution in [-0.4, -0.2) is 0 Å². The summed E-state index contributed by atoms with van der Waals surface area (Å²) < 4.78 is 5.91. The summed E-state index contributed by atoms with van der Waals surface area (Å²) >= 11 is 0. The van der Waals surface area contributed by atoms with Crippen molar-refractivity contribution in [2.45, 2.75) is 19.6 Å². The second-order valence-corrected chi connectivity index (χ2v) is 5.72. The van der Waals surface area contributed by atoms with Crippen molar-refractivity contribution in [1.29, 1.82) is 0 Å². The highest BCUT2D eigenvalue weighted by molar-refractivity contribution is 5.66. The van der Waals surface area contributed by atoms with Crippen LogP contribution in [0.25, 0.3) is 11.1 Å². The first-order valence-electron chi connectivity index (χ1n) is 7.85. The Morgan fingerprint density at radius 2 is 1.52 bits per heavy atom. The molecule has 0 radical (unpaired) electrons. The lowest BCUT2D eigenvalue weighted by molar-refractivity contribution is 0.306. The normalized spacial score (nSPS) is 11.9. The lowest BCUT2D eigenvalue weighted by atomic mass is 10.0. The summed E-state index contributed by atoms with van der Waals surface area (Å²) in [4.78, 5) is 0. The van der Waals surface area contributed by atoms with Crippen molar-refractivity contribution in [3.05, 3.63) is 90.0 Å². The van der Waals surface area contributed by atoms with Crippen LogP contribution >= 0.6 is 0 Å². The van der Waals surface area contributed by atoms with E-state index < -0.39 is 0 Å². The smallest absolute Gasteiger partial charge is 0.120 e. The van der Waals surface area contributed by atoms with Crippen molar-refractivity contribution in [1.82, 2.24) is 0 Å². The topological polar surface area (TPSA) is 35.2 Å². The Morgan fingerprint density at radius 3 is 2.26 bits per heavy atom. The van der Waals surface area contributed by atoms with Gasteiger partial charge in [-0.25, -0.2) is 0 Å². The van der Waals surface area contributed by atoms with Crippen LogP contribution in [0.3, 0.4) is 0 Å². The molecule has 0 amide bonds. The van der Waals surface area contributed by atoms with Crippen LogP contribution in [0, 0.1) is 0 Å². The van der Waals surface area contributed by atoms with Crippen molar-refractivity contribution in [3.8, 4) is 16.9 Å². The van der Waals surface area contributed by atoms with Crippen molar-refractivity contribution < 1.29 is 4.74 Å². The number of ether oxygens (including phenoxy) is 1. The van der Waals surface area contributed by atoms with E-state index in [9.17, 15) is 0 Å². The van der Waals surface area contributed by atoms with Gasteiger partial charge in [0.1, 0.15) is 12.4 Å². The molecule has 0 unspecified atom stereocenters. The molecule has 0 saturated heterocycles. The third-order valence-electron chi connectivity index (χ3n) is 3.83. The maximum absolute atomic E-state index is 5.98. The molecule has 3 rings (SSSR count). The van der Waals surface area contributed by atoms with Crippen LogP contribution in [0.5, 0.6) is 5.75 Å². The second kappa shape index (κ2) is 7.12. The van der Waals surface area contributed by atoms with Crippen molar-refractivity contribution in [2.24, 2.45) is 5.73 Å². The summed E-state index contributed by atoms with van der Waals surface area (Å²) in [7, 11) is 0. The van der Waals surface area contributed by atoms with Gasteiger partial charge in [-0.1, -0.05) is 60.7 Å². The number of rotatable bonds is 5. The van der Waals surface area contributed by atoms with E-state index >= 15 is 0 Å². The van der Waals surface area contributed by atoms with Gasteiger partial charge in [0, 0.05) is 6.04 Å². The van der Waals surface area contributed by atoms with Gasteiger partial charge in [0.15, 0.2) is 0 Å². The molecule has 1 atom stereocenters. The van der Waals surface area contributed by atoms with Crippen LogP contribution in [0.1, 0.15) is 24.1 Å². The Morgan fingerprint density at radius 1 is 0.826 bits per heavy atom. The van der Waals surface area contributed by atoms with Crippen LogP contribution in [0.4, 0.5) is 0 Å². The maximum atomic E-state index is 5.98. The van der Waals surface area contributed by atoms with Crippen molar-refractivity contribution in [3.63, 3.8) is 0 Å². The minimum absolute atomic E-state index is 0.0347. The summed E-state index contributed by atoms with van der Waals surface area (Å²) in [5.41, 5.74) is 10.6. The fourth-order valence-electron chi connectivity index (χ4n) is 2.51. The van der Waals surface area contributed by atoms with Crippen molar-refractivity contribution >= 4 is 0 Å². The van der Waals surface area contributed by atoms with Crippen LogP contribution < -0.4 is 10.5 Å². The molecule has 0 aliphatic rings. The molecule has 2 nitrogen and oxygen atoms in total. The summed E-state index contributed by atoms with van der Waals surface area (Å²) in [6.45, 7) is 2.57. The molecular formula is C21H21NO. The first-order chi connectivity index (χ1) is 11.2. The van der Waals surface area contributed by atoms with Gasteiger partial charge in [0.05, 0.1) is 0 Å². The molecule has 0 aliphatic heterocycles. The van der Waals surface area contributed by atoms with E-state index in [0.717, 1.165) is 28.0 Å². The fraction of sp³-hybridized carbons (Fsp3) is 0.143. The summed E-state index contributed by atoms with van der Waals surface area (Å²) in [5.74, 6) is 0.873. The fourth-order valence-corrected chi connectivity index (χ4v) is 2.51. The van der Waals surface area contributed by atoms with Crippen LogP contribution in [0.15, 0.2) is 78.9 Å². The highest BCUT2D eigenvalue weighted by atomic mass is 16.5. The quantitative estimate of drug-likeness (QED) is 0.723. The van der Waals surface area contributed by atoms with Gasteiger partial charge in [-0.2, -0.15) is 0 Å². The molecule has 0 aromatic heterocycles. The number of nitrogens with two attached hydrogens (primary N) is 1. The van der Waals surface area contributed by atoms with Crippen molar-refractivity contribution in [2.75, 3.05) is 0 Å². The zero-order chi connectivity index (χ0) is 16.1. The minimum atomic E-state index is 0.0347. The van der Waals surface area contributed by atoms with E-state index in [1.54, 1.807) is 0 Å². The standard InChI is InChI=1S/C21H21NO/c1-16(22)18-9-5-10-19(13-18)20-11-6-12-21(14-20)23-15-17-7-3-2-4-8-17/h2-14,16H,15,22H2,1H3/t16-/m1/s1. The molecule has 0 aliphatic carbocycles. The highest BCUT2D eigenvalue weighted by Gasteiger charge is 2.04. The molecule has 0 bridgehead atoms. The molecule has 23 heavy (non-hydrogen) atoms. The van der Waals surface area contributed by atoms with Gasteiger partial charge in [-0.15, -0.1) is 0 Å². The van der Waals surface area contributed by atoms with E-state index in [-0.39, 0.29) is 6.04 Å². The molecule has 0 saturated carbocycles. The molecule has 3 aromatic carbocycles. The predicted molar refractivity (Wildman–Crippen MR) is 95.3 cm³/mol. The minimum Gasteiger partial charge on any atom is -0.489 e. The molecule has 2 N–H and O–H groups in total. The summed E-state index contributed by atoms with van der Waals surface area (Å²) in [5, 5.41) is 0. The van der Waals surface area contributed by atoms with Gasteiger partial charge in [-0.05, 0) is 47.4 Å². The first kappa shape index (κ1) is 15.3. The van der Waals surface area contributed by atoms with Gasteiger partial charge in [0.2, 0.25) is 0 Å². The van der Waals surface area contributed by atoms with Crippen LogP contribution in [-0.2, 0) is 6.61 Å². The summed E-state index contributed by atoms with van der Waals surface area (Å²) in [6.07, 6.45) is 0. The third-order valence-corrected chi connectivity index (χ3v) is 3.83. The Bertz CT molecular complexity index is 766. The van der Waals surface area contributed by atoms with E-state index in [2.05, 4.69) is 42.5 Å². The molecule has 116 valence electrons. The van der Waals surface area contributed by atoms with E-state index in [1.807, 2.05) is 43.3 Å². The third kappa shape index (κ3) is 3.99. The Labute approximate surface area is 137 Å². The first-order valence-corrected chi connectivity index (χ1v) is 7.85. The Balaban J connectivity index is 1.78. The second-order valence-electron chi connectivity index (χ2n) is 5.72. The van der Waals surface area contributed by atoms with Gasteiger partial charge in [-0.3, -0.25) is 0 Å². The molecule has 2 heteroatoms. The highest BCUT2D eigenvalue weighted by Crippen LogP contribution is 2.26. The largest absolute Gasteiger partial charge is 0.489 e. The zero-order valence-electron chi connectivity index (χ0n) is 13.3. The van der Waals surface area contributed by atoms with E-state index in [4.69, 9.17) is 10.5 Å². The van der Waals surface area contributed by atoms with E-state index in [0.29, 0.717) is 6.61 Å². The molecule has 0 spiro atoms. The Hall–Kier alpha value is -2.58. The van der Waals surface area contributed by atoms with Gasteiger partial charge >= 0.3 is 0 Å². The predicted octanol–water partition coefficient (Wildman–Crippen LogP) is 4.95. The SMILES string of the molecule is C[C@@H](N)c1cccc(-c2cccc(OCc3ccccc3)c2)c1.